The molecule has 68 valence electrons. The Morgan fingerprint density at radius 1 is 1.58 bits per heavy atom. The highest BCUT2D eigenvalue weighted by atomic mass is 16.5. The summed E-state index contributed by atoms with van der Waals surface area (Å²) in [4.78, 5) is 22.1. The molecule has 0 aromatic carbocycles. The van der Waals surface area contributed by atoms with E-state index in [9.17, 15) is 9.59 Å². The molecule has 0 aromatic rings. The van der Waals surface area contributed by atoms with E-state index in [-0.39, 0.29) is 24.1 Å². The molecule has 0 N–H and O–H groups in total. The van der Waals surface area contributed by atoms with Crippen molar-refractivity contribution in [3.8, 4) is 0 Å². The summed E-state index contributed by atoms with van der Waals surface area (Å²) in [6.07, 6.45) is 3.81. The van der Waals surface area contributed by atoms with E-state index in [2.05, 4.69) is 4.74 Å². The molecule has 1 atom stereocenters. The van der Waals surface area contributed by atoms with E-state index < -0.39 is 0 Å². The van der Waals surface area contributed by atoms with Crippen molar-refractivity contribution in [3.63, 3.8) is 0 Å². The van der Waals surface area contributed by atoms with Crippen LogP contribution in [0.5, 0.6) is 0 Å². The predicted molar refractivity (Wildman–Crippen MR) is 43.6 cm³/mol. The molecule has 1 aliphatic rings. The van der Waals surface area contributed by atoms with Gasteiger partial charge in [0.25, 0.3) is 0 Å². The van der Waals surface area contributed by atoms with Gasteiger partial charge < -0.3 is 4.74 Å². The van der Waals surface area contributed by atoms with Crippen LogP contribution in [0, 0.1) is 5.92 Å². The van der Waals surface area contributed by atoms with Crippen LogP contribution in [0.2, 0.25) is 0 Å². The zero-order valence-electron chi connectivity index (χ0n) is 7.34. The molecule has 0 unspecified atom stereocenters. The van der Waals surface area contributed by atoms with Crippen molar-refractivity contribution >= 4 is 11.8 Å². The van der Waals surface area contributed by atoms with Crippen molar-refractivity contribution in [3.05, 3.63) is 0 Å². The molecule has 1 aliphatic carbocycles. The number of rotatable bonds is 2. The second-order valence-electron chi connectivity index (χ2n) is 3.19. The van der Waals surface area contributed by atoms with Gasteiger partial charge in [0.15, 0.2) is 0 Å². The topological polar surface area (TPSA) is 43.4 Å². The third kappa shape index (κ3) is 2.32. The fraction of sp³-hybridized carbons (Fsp3) is 0.778. The standard InChI is InChI=1S/C9H14O3/c1-12-9(11)6-7-4-2-3-5-8(7)10/h7H,2-6H2,1H3/t7-/m1/s1. The number of carbonyl (C=O) groups is 2. The van der Waals surface area contributed by atoms with E-state index >= 15 is 0 Å². The predicted octanol–water partition coefficient (Wildman–Crippen LogP) is 1.31. The van der Waals surface area contributed by atoms with E-state index in [0.717, 1.165) is 19.3 Å². The third-order valence-electron chi connectivity index (χ3n) is 2.32. The number of ketones is 1. The van der Waals surface area contributed by atoms with E-state index in [1.165, 1.54) is 7.11 Å². The Hall–Kier alpha value is -0.860. The highest BCUT2D eigenvalue weighted by Gasteiger charge is 2.24. The summed E-state index contributed by atoms with van der Waals surface area (Å²) >= 11 is 0. The average Bonchev–Trinajstić information content (AvgIpc) is 2.09. The normalized spacial score (nSPS) is 23.8. The summed E-state index contributed by atoms with van der Waals surface area (Å²) in [6.45, 7) is 0. The van der Waals surface area contributed by atoms with Crippen LogP contribution in [-0.4, -0.2) is 18.9 Å². The van der Waals surface area contributed by atoms with Crippen LogP contribution in [0.3, 0.4) is 0 Å². The molecule has 3 heteroatoms. The van der Waals surface area contributed by atoms with Gasteiger partial charge in [0.1, 0.15) is 5.78 Å². The van der Waals surface area contributed by atoms with Gasteiger partial charge in [0.2, 0.25) is 0 Å². The molecule has 0 spiro atoms. The molecular weight excluding hydrogens is 156 g/mol. The molecule has 0 heterocycles. The Morgan fingerprint density at radius 2 is 2.33 bits per heavy atom. The number of Topliss-reactive ketones (excluding diaryl/α,β-unsaturated/α-hetero) is 1. The first-order valence-corrected chi connectivity index (χ1v) is 4.33. The van der Waals surface area contributed by atoms with Gasteiger partial charge in [-0.3, -0.25) is 9.59 Å². The van der Waals surface area contributed by atoms with Gasteiger partial charge in [-0.1, -0.05) is 6.42 Å². The molecular formula is C9H14O3. The minimum absolute atomic E-state index is 0.0637. The molecule has 0 amide bonds. The zero-order valence-corrected chi connectivity index (χ0v) is 7.34. The number of methoxy groups -OCH3 is 1. The molecule has 12 heavy (non-hydrogen) atoms. The lowest BCUT2D eigenvalue weighted by molar-refractivity contribution is -0.144. The molecule has 0 aromatic heterocycles. The van der Waals surface area contributed by atoms with Crippen molar-refractivity contribution in [2.45, 2.75) is 32.1 Å². The van der Waals surface area contributed by atoms with E-state index in [4.69, 9.17) is 0 Å². The Bertz CT molecular complexity index is 186. The highest BCUT2D eigenvalue weighted by Crippen LogP contribution is 2.23. The first-order valence-electron chi connectivity index (χ1n) is 4.33. The van der Waals surface area contributed by atoms with Crippen LogP contribution >= 0.6 is 0 Å². The summed E-state index contributed by atoms with van der Waals surface area (Å²) in [5.41, 5.74) is 0. The van der Waals surface area contributed by atoms with Crippen molar-refractivity contribution < 1.29 is 14.3 Å². The van der Waals surface area contributed by atoms with Gasteiger partial charge in [-0.25, -0.2) is 0 Å². The van der Waals surface area contributed by atoms with E-state index in [1.807, 2.05) is 0 Å². The number of carbonyl (C=O) groups excluding carboxylic acids is 2. The van der Waals surface area contributed by atoms with E-state index in [0.29, 0.717) is 6.42 Å². The summed E-state index contributed by atoms with van der Waals surface area (Å²) in [7, 11) is 1.36. The maximum absolute atomic E-state index is 11.2. The Balaban J connectivity index is 2.39. The second-order valence-corrected chi connectivity index (χ2v) is 3.19. The van der Waals surface area contributed by atoms with Crippen molar-refractivity contribution in [2.24, 2.45) is 5.92 Å². The lowest BCUT2D eigenvalue weighted by Gasteiger charge is -2.18. The second kappa shape index (κ2) is 4.24. The molecule has 1 saturated carbocycles. The van der Waals surface area contributed by atoms with Crippen molar-refractivity contribution in [2.75, 3.05) is 7.11 Å². The first kappa shape index (κ1) is 9.23. The number of ether oxygens (including phenoxy) is 1. The van der Waals surface area contributed by atoms with Gasteiger partial charge in [-0.15, -0.1) is 0 Å². The third-order valence-corrected chi connectivity index (χ3v) is 2.32. The lowest BCUT2D eigenvalue weighted by atomic mass is 9.86. The summed E-state index contributed by atoms with van der Waals surface area (Å²) in [5.74, 6) is -0.104. The maximum atomic E-state index is 11.2. The number of hydrogen-bond acceptors (Lipinski definition) is 3. The minimum atomic E-state index is -0.268. The monoisotopic (exact) mass is 170 g/mol. The Labute approximate surface area is 72.1 Å². The van der Waals surface area contributed by atoms with Crippen LogP contribution in [0.4, 0.5) is 0 Å². The number of esters is 1. The lowest BCUT2D eigenvalue weighted by Crippen LogP contribution is -2.22. The van der Waals surface area contributed by atoms with Gasteiger partial charge in [-0.2, -0.15) is 0 Å². The maximum Gasteiger partial charge on any atom is 0.306 e. The van der Waals surface area contributed by atoms with Gasteiger partial charge in [0, 0.05) is 12.3 Å². The van der Waals surface area contributed by atoms with Crippen LogP contribution in [0.25, 0.3) is 0 Å². The molecule has 1 rings (SSSR count). The molecule has 0 saturated heterocycles. The minimum Gasteiger partial charge on any atom is -0.469 e. The van der Waals surface area contributed by atoms with Crippen LogP contribution < -0.4 is 0 Å². The molecule has 1 fully saturated rings. The molecule has 0 aliphatic heterocycles. The average molecular weight is 170 g/mol. The fourth-order valence-electron chi connectivity index (χ4n) is 1.56. The van der Waals surface area contributed by atoms with Crippen molar-refractivity contribution in [1.82, 2.24) is 0 Å². The Morgan fingerprint density at radius 3 is 2.92 bits per heavy atom. The molecule has 0 bridgehead atoms. The van der Waals surface area contributed by atoms with Gasteiger partial charge in [-0.05, 0) is 12.8 Å². The van der Waals surface area contributed by atoms with Gasteiger partial charge in [0.05, 0.1) is 13.5 Å². The number of hydrogen-bond donors (Lipinski definition) is 0. The summed E-state index contributed by atoms with van der Waals surface area (Å²) in [5, 5.41) is 0. The van der Waals surface area contributed by atoms with Crippen molar-refractivity contribution in [1.29, 1.82) is 0 Å². The van der Waals surface area contributed by atoms with Crippen LogP contribution in [0.15, 0.2) is 0 Å². The largest absolute Gasteiger partial charge is 0.469 e. The summed E-state index contributed by atoms with van der Waals surface area (Å²) in [6, 6.07) is 0. The van der Waals surface area contributed by atoms with Crippen LogP contribution in [0.1, 0.15) is 32.1 Å². The molecule has 0 radical (unpaired) electrons. The fourth-order valence-corrected chi connectivity index (χ4v) is 1.56. The SMILES string of the molecule is COC(=O)C[C@H]1CCCCC1=O. The zero-order chi connectivity index (χ0) is 8.97. The van der Waals surface area contributed by atoms with E-state index in [1.54, 1.807) is 0 Å². The van der Waals surface area contributed by atoms with Gasteiger partial charge >= 0.3 is 5.97 Å². The highest BCUT2D eigenvalue weighted by molar-refractivity contribution is 5.85. The quantitative estimate of drug-likeness (QED) is 0.587. The van der Waals surface area contributed by atoms with Crippen LogP contribution in [-0.2, 0) is 14.3 Å². The molecule has 3 nitrogen and oxygen atoms in total. The smallest absolute Gasteiger partial charge is 0.306 e. The Kier molecular flexibility index (Phi) is 3.26. The first-order chi connectivity index (χ1) is 5.74. The summed E-state index contributed by atoms with van der Waals surface area (Å²) < 4.78 is 4.51.